The van der Waals surface area contributed by atoms with Crippen molar-refractivity contribution in [3.63, 3.8) is 0 Å². The number of amides is 1. The molecule has 0 radical (unpaired) electrons. The van der Waals surface area contributed by atoms with Crippen LogP contribution in [0.1, 0.15) is 16.8 Å². The number of anilines is 2. The van der Waals surface area contributed by atoms with E-state index in [0.29, 0.717) is 36.8 Å². The van der Waals surface area contributed by atoms with Gasteiger partial charge in [0.15, 0.2) is 11.5 Å². The Hall–Kier alpha value is -3.22. The molecule has 1 aliphatic rings. The number of carbonyl (C=O) groups is 2. The van der Waals surface area contributed by atoms with Gasteiger partial charge in [0.1, 0.15) is 13.2 Å². The number of hydrogen-bond donors (Lipinski definition) is 2. The molecule has 0 aromatic heterocycles. The molecule has 2 N–H and O–H groups in total. The smallest absolute Gasteiger partial charge is 0.339 e. The molecule has 3 rings (SSSR count). The normalized spacial score (nSPS) is 12.2. The molecule has 2 aromatic carbocycles. The van der Waals surface area contributed by atoms with Crippen molar-refractivity contribution in [2.24, 2.45) is 0 Å². The molecule has 7 heteroatoms. The van der Waals surface area contributed by atoms with E-state index in [2.05, 4.69) is 10.6 Å². The number of para-hydroxylation sites is 1. The third-order valence-electron chi connectivity index (χ3n) is 3.83. The predicted octanol–water partition coefficient (Wildman–Crippen LogP) is 2.69. The summed E-state index contributed by atoms with van der Waals surface area (Å²) in [5, 5.41) is 5.91. The Bertz CT molecular complexity index is 806. The van der Waals surface area contributed by atoms with E-state index in [1.807, 2.05) is 18.2 Å². The van der Waals surface area contributed by atoms with Gasteiger partial charge in [-0.3, -0.25) is 4.79 Å². The number of ether oxygens (including phenoxy) is 3. The SMILES string of the molecule is COC(=O)c1ccccc1NC(=O)CCNc1ccc2c(c1)OCCO2. The maximum Gasteiger partial charge on any atom is 0.339 e. The van der Waals surface area contributed by atoms with E-state index in [4.69, 9.17) is 14.2 Å². The number of methoxy groups -OCH3 is 1. The topological polar surface area (TPSA) is 85.9 Å². The Labute approximate surface area is 151 Å². The summed E-state index contributed by atoms with van der Waals surface area (Å²) in [7, 11) is 1.30. The van der Waals surface area contributed by atoms with Gasteiger partial charge < -0.3 is 24.8 Å². The first-order valence-electron chi connectivity index (χ1n) is 8.28. The highest BCUT2D eigenvalue weighted by atomic mass is 16.6. The Balaban J connectivity index is 1.53. The van der Waals surface area contributed by atoms with Crippen LogP contribution in [0.25, 0.3) is 0 Å². The molecule has 2 aromatic rings. The molecule has 26 heavy (non-hydrogen) atoms. The zero-order valence-electron chi connectivity index (χ0n) is 14.4. The molecule has 1 amide bonds. The fourth-order valence-corrected chi connectivity index (χ4v) is 2.57. The molecular formula is C19H20N2O5. The van der Waals surface area contributed by atoms with E-state index in [1.165, 1.54) is 7.11 Å². The highest BCUT2D eigenvalue weighted by Gasteiger charge is 2.14. The van der Waals surface area contributed by atoms with Gasteiger partial charge in [-0.15, -0.1) is 0 Å². The summed E-state index contributed by atoms with van der Waals surface area (Å²) in [6, 6.07) is 12.3. The zero-order valence-corrected chi connectivity index (χ0v) is 14.4. The van der Waals surface area contributed by atoms with Crippen LogP contribution in [0.3, 0.4) is 0 Å². The second kappa shape index (κ2) is 8.24. The van der Waals surface area contributed by atoms with Crippen LogP contribution in [0, 0.1) is 0 Å². The number of esters is 1. The lowest BCUT2D eigenvalue weighted by Crippen LogP contribution is -2.18. The number of carbonyl (C=O) groups excluding carboxylic acids is 2. The second-order valence-electron chi connectivity index (χ2n) is 5.62. The molecule has 0 spiro atoms. The molecule has 0 unspecified atom stereocenters. The Morgan fingerprint density at radius 1 is 1.08 bits per heavy atom. The summed E-state index contributed by atoms with van der Waals surface area (Å²) in [5.74, 6) is 0.721. The Morgan fingerprint density at radius 2 is 1.85 bits per heavy atom. The van der Waals surface area contributed by atoms with Crippen molar-refractivity contribution in [3.05, 3.63) is 48.0 Å². The minimum atomic E-state index is -0.490. The van der Waals surface area contributed by atoms with Crippen molar-refractivity contribution in [2.45, 2.75) is 6.42 Å². The molecule has 136 valence electrons. The Morgan fingerprint density at radius 3 is 2.65 bits per heavy atom. The van der Waals surface area contributed by atoms with Crippen molar-refractivity contribution >= 4 is 23.3 Å². The summed E-state index contributed by atoms with van der Waals surface area (Å²) < 4.78 is 15.7. The van der Waals surface area contributed by atoms with E-state index in [0.717, 1.165) is 11.4 Å². The van der Waals surface area contributed by atoms with E-state index in [1.54, 1.807) is 24.3 Å². The first kappa shape index (κ1) is 17.6. The molecule has 0 saturated carbocycles. The average molecular weight is 356 g/mol. The lowest BCUT2D eigenvalue weighted by atomic mass is 10.1. The largest absolute Gasteiger partial charge is 0.486 e. The van der Waals surface area contributed by atoms with E-state index in [-0.39, 0.29) is 12.3 Å². The van der Waals surface area contributed by atoms with Crippen LogP contribution < -0.4 is 20.1 Å². The standard InChI is InChI=1S/C19H20N2O5/c1-24-19(23)14-4-2-3-5-15(14)21-18(22)8-9-20-13-6-7-16-17(12-13)26-11-10-25-16/h2-7,12,20H,8-11H2,1H3,(H,21,22). The van der Waals surface area contributed by atoms with Crippen LogP contribution in [-0.2, 0) is 9.53 Å². The first-order valence-corrected chi connectivity index (χ1v) is 8.28. The second-order valence-corrected chi connectivity index (χ2v) is 5.62. The Kier molecular flexibility index (Phi) is 5.58. The van der Waals surface area contributed by atoms with Crippen molar-refractivity contribution < 1.29 is 23.8 Å². The third kappa shape index (κ3) is 4.24. The van der Waals surface area contributed by atoms with Gasteiger partial charge in [0.2, 0.25) is 5.91 Å². The van der Waals surface area contributed by atoms with Gasteiger partial charge in [-0.1, -0.05) is 12.1 Å². The quantitative estimate of drug-likeness (QED) is 0.774. The summed E-state index contributed by atoms with van der Waals surface area (Å²) in [4.78, 5) is 23.9. The number of rotatable bonds is 6. The maximum atomic E-state index is 12.2. The molecule has 0 aliphatic carbocycles. The minimum absolute atomic E-state index is 0.202. The highest BCUT2D eigenvalue weighted by molar-refractivity contribution is 6.01. The van der Waals surface area contributed by atoms with Crippen LogP contribution >= 0.6 is 0 Å². The van der Waals surface area contributed by atoms with Gasteiger partial charge >= 0.3 is 5.97 Å². The van der Waals surface area contributed by atoms with Crippen molar-refractivity contribution in [3.8, 4) is 11.5 Å². The van der Waals surface area contributed by atoms with Crippen molar-refractivity contribution in [1.29, 1.82) is 0 Å². The lowest BCUT2D eigenvalue weighted by molar-refractivity contribution is -0.115. The van der Waals surface area contributed by atoms with Gasteiger partial charge in [0, 0.05) is 24.7 Å². The number of nitrogens with one attached hydrogen (secondary N) is 2. The monoisotopic (exact) mass is 356 g/mol. The fraction of sp³-hybridized carbons (Fsp3) is 0.263. The van der Waals surface area contributed by atoms with Gasteiger partial charge in [0.05, 0.1) is 18.4 Å². The molecule has 1 heterocycles. The van der Waals surface area contributed by atoms with Crippen LogP contribution in [0.4, 0.5) is 11.4 Å². The highest BCUT2D eigenvalue weighted by Crippen LogP contribution is 2.32. The summed E-state index contributed by atoms with van der Waals surface area (Å²) in [6.45, 7) is 1.51. The molecule has 7 nitrogen and oxygen atoms in total. The fourth-order valence-electron chi connectivity index (χ4n) is 2.57. The van der Waals surface area contributed by atoms with Gasteiger partial charge in [0.25, 0.3) is 0 Å². The molecule has 0 saturated heterocycles. The van der Waals surface area contributed by atoms with Crippen LogP contribution in [0.15, 0.2) is 42.5 Å². The van der Waals surface area contributed by atoms with Crippen LogP contribution in [-0.4, -0.2) is 38.7 Å². The van der Waals surface area contributed by atoms with E-state index < -0.39 is 5.97 Å². The predicted molar refractivity (Wildman–Crippen MR) is 96.9 cm³/mol. The number of fused-ring (bicyclic) bond motifs is 1. The van der Waals surface area contributed by atoms with Gasteiger partial charge in [-0.25, -0.2) is 4.79 Å². The first-order chi connectivity index (χ1) is 12.7. The summed E-state index contributed by atoms with van der Waals surface area (Å²) >= 11 is 0. The van der Waals surface area contributed by atoms with Crippen molar-refractivity contribution in [2.75, 3.05) is 37.5 Å². The lowest BCUT2D eigenvalue weighted by Gasteiger charge is -2.19. The van der Waals surface area contributed by atoms with Crippen LogP contribution in [0.2, 0.25) is 0 Å². The molecule has 0 atom stereocenters. The van der Waals surface area contributed by atoms with E-state index in [9.17, 15) is 9.59 Å². The number of hydrogen-bond acceptors (Lipinski definition) is 6. The average Bonchev–Trinajstić information content (AvgIpc) is 2.67. The zero-order chi connectivity index (χ0) is 18.4. The van der Waals surface area contributed by atoms with Gasteiger partial charge in [-0.2, -0.15) is 0 Å². The summed E-state index contributed by atoms with van der Waals surface area (Å²) in [6.07, 6.45) is 0.240. The summed E-state index contributed by atoms with van der Waals surface area (Å²) in [5.41, 5.74) is 1.60. The van der Waals surface area contributed by atoms with Crippen molar-refractivity contribution in [1.82, 2.24) is 0 Å². The van der Waals surface area contributed by atoms with Crippen LogP contribution in [0.5, 0.6) is 11.5 Å². The van der Waals surface area contributed by atoms with E-state index >= 15 is 0 Å². The third-order valence-corrected chi connectivity index (χ3v) is 3.83. The molecule has 0 bridgehead atoms. The molecule has 1 aliphatic heterocycles. The van der Waals surface area contributed by atoms with Gasteiger partial charge in [-0.05, 0) is 24.3 Å². The molecular weight excluding hydrogens is 336 g/mol. The maximum absolute atomic E-state index is 12.2. The number of benzene rings is 2. The minimum Gasteiger partial charge on any atom is -0.486 e. The molecule has 0 fully saturated rings.